The monoisotopic (exact) mass is 385 g/mol. The van der Waals surface area contributed by atoms with E-state index < -0.39 is 0 Å². The number of anilines is 3. The Morgan fingerprint density at radius 2 is 1.62 bits per heavy atom. The number of hydrogen-bond donors (Lipinski definition) is 1. The number of piperazine rings is 1. The molecular formula is C21H19N7O. The third-order valence-corrected chi connectivity index (χ3v) is 4.72. The SMILES string of the molecule is N#Cc1ccc(NC(=O)c2ccc(N3CCN(c4ncccn4)CC3)nc2)cc1. The number of hydrogen-bond acceptors (Lipinski definition) is 7. The second-order valence-electron chi connectivity index (χ2n) is 6.57. The molecule has 8 nitrogen and oxygen atoms in total. The number of rotatable bonds is 4. The molecule has 1 N–H and O–H groups in total. The van der Waals surface area contributed by atoms with Gasteiger partial charge in [0.25, 0.3) is 5.91 Å². The van der Waals surface area contributed by atoms with E-state index in [1.165, 1.54) is 0 Å². The van der Waals surface area contributed by atoms with Gasteiger partial charge in [0.1, 0.15) is 5.82 Å². The minimum Gasteiger partial charge on any atom is -0.353 e. The summed E-state index contributed by atoms with van der Waals surface area (Å²) >= 11 is 0. The molecule has 0 unspecified atom stereocenters. The number of nitrogens with one attached hydrogen (secondary N) is 1. The van der Waals surface area contributed by atoms with Crippen molar-refractivity contribution < 1.29 is 4.79 Å². The molecule has 1 saturated heterocycles. The lowest BCUT2D eigenvalue weighted by Gasteiger charge is -2.35. The summed E-state index contributed by atoms with van der Waals surface area (Å²) in [7, 11) is 0. The highest BCUT2D eigenvalue weighted by atomic mass is 16.1. The Bertz CT molecular complexity index is 1010. The van der Waals surface area contributed by atoms with Crippen LogP contribution in [0.15, 0.2) is 61.1 Å². The van der Waals surface area contributed by atoms with E-state index in [1.807, 2.05) is 12.1 Å². The van der Waals surface area contributed by atoms with Gasteiger partial charge in [-0.2, -0.15) is 5.26 Å². The van der Waals surface area contributed by atoms with Crippen LogP contribution in [0.25, 0.3) is 0 Å². The first-order chi connectivity index (χ1) is 14.2. The minimum absolute atomic E-state index is 0.236. The minimum atomic E-state index is -0.236. The normalized spacial score (nSPS) is 13.6. The first kappa shape index (κ1) is 18.4. The van der Waals surface area contributed by atoms with Gasteiger partial charge in [-0.3, -0.25) is 4.79 Å². The molecule has 1 amide bonds. The van der Waals surface area contributed by atoms with Crippen LogP contribution in [0.5, 0.6) is 0 Å². The summed E-state index contributed by atoms with van der Waals surface area (Å²) in [4.78, 5) is 29.8. The zero-order valence-corrected chi connectivity index (χ0v) is 15.7. The number of carbonyl (C=O) groups is 1. The molecule has 1 aliphatic heterocycles. The lowest BCUT2D eigenvalue weighted by Crippen LogP contribution is -2.47. The van der Waals surface area contributed by atoms with Crippen molar-refractivity contribution in [3.8, 4) is 6.07 Å². The van der Waals surface area contributed by atoms with Gasteiger partial charge in [-0.25, -0.2) is 15.0 Å². The summed E-state index contributed by atoms with van der Waals surface area (Å²) in [5.74, 6) is 1.35. The fourth-order valence-corrected chi connectivity index (χ4v) is 3.13. The van der Waals surface area contributed by atoms with Crippen LogP contribution in [0.3, 0.4) is 0 Å². The maximum atomic E-state index is 12.4. The lowest BCUT2D eigenvalue weighted by atomic mass is 10.2. The number of pyridine rings is 1. The molecule has 0 radical (unpaired) electrons. The van der Waals surface area contributed by atoms with Crippen LogP contribution in [0, 0.1) is 11.3 Å². The van der Waals surface area contributed by atoms with Gasteiger partial charge in [-0.05, 0) is 42.5 Å². The van der Waals surface area contributed by atoms with Gasteiger partial charge in [0.2, 0.25) is 5.95 Å². The Morgan fingerprint density at radius 1 is 0.931 bits per heavy atom. The number of benzene rings is 1. The molecule has 3 aromatic rings. The molecule has 29 heavy (non-hydrogen) atoms. The summed E-state index contributed by atoms with van der Waals surface area (Å²) in [6, 6.07) is 14.2. The van der Waals surface area contributed by atoms with Crippen LogP contribution < -0.4 is 15.1 Å². The van der Waals surface area contributed by atoms with Crippen molar-refractivity contribution in [1.29, 1.82) is 5.26 Å². The quantitative estimate of drug-likeness (QED) is 0.736. The highest BCUT2D eigenvalue weighted by Crippen LogP contribution is 2.17. The standard InChI is InChI=1S/C21H19N7O/c22-14-16-2-5-18(6-3-16)26-20(29)17-4-7-19(25-15-17)27-10-12-28(13-11-27)21-23-8-1-9-24-21/h1-9,15H,10-13H2,(H,26,29). The van der Waals surface area contributed by atoms with E-state index in [9.17, 15) is 4.79 Å². The largest absolute Gasteiger partial charge is 0.353 e. The van der Waals surface area contributed by atoms with Gasteiger partial charge in [0.15, 0.2) is 0 Å². The van der Waals surface area contributed by atoms with Gasteiger partial charge in [0, 0.05) is 50.5 Å². The second kappa shape index (κ2) is 8.35. The molecule has 4 rings (SSSR count). The summed E-state index contributed by atoms with van der Waals surface area (Å²) in [6.07, 6.45) is 5.08. The van der Waals surface area contributed by atoms with Crippen molar-refractivity contribution in [2.24, 2.45) is 0 Å². The topological polar surface area (TPSA) is 98.0 Å². The smallest absolute Gasteiger partial charge is 0.257 e. The average Bonchev–Trinajstić information content (AvgIpc) is 2.80. The molecule has 144 valence electrons. The van der Waals surface area contributed by atoms with Crippen LogP contribution in [0.1, 0.15) is 15.9 Å². The van der Waals surface area contributed by atoms with E-state index in [2.05, 4.69) is 36.1 Å². The first-order valence-corrected chi connectivity index (χ1v) is 9.27. The molecule has 0 aliphatic carbocycles. The van der Waals surface area contributed by atoms with E-state index in [4.69, 9.17) is 5.26 Å². The number of nitriles is 1. The Morgan fingerprint density at radius 3 is 2.24 bits per heavy atom. The van der Waals surface area contributed by atoms with E-state index in [-0.39, 0.29) is 5.91 Å². The molecule has 0 saturated carbocycles. The summed E-state index contributed by atoms with van der Waals surface area (Å²) in [5, 5.41) is 11.6. The molecule has 2 aromatic heterocycles. The maximum Gasteiger partial charge on any atom is 0.257 e. The van der Waals surface area contributed by atoms with Gasteiger partial charge in [-0.1, -0.05) is 0 Å². The third-order valence-electron chi connectivity index (χ3n) is 4.72. The zero-order valence-electron chi connectivity index (χ0n) is 15.7. The van der Waals surface area contributed by atoms with Crippen LogP contribution in [0.4, 0.5) is 17.5 Å². The fraction of sp³-hybridized carbons (Fsp3) is 0.190. The molecular weight excluding hydrogens is 366 g/mol. The summed E-state index contributed by atoms with van der Waals surface area (Å²) in [5.41, 5.74) is 1.67. The number of aromatic nitrogens is 3. The predicted octanol–water partition coefficient (Wildman–Crippen LogP) is 2.32. The van der Waals surface area contributed by atoms with Crippen molar-refractivity contribution in [2.75, 3.05) is 41.3 Å². The Kier molecular flexibility index (Phi) is 5.29. The second-order valence-corrected chi connectivity index (χ2v) is 6.57. The van der Waals surface area contributed by atoms with Gasteiger partial charge in [-0.15, -0.1) is 0 Å². The molecule has 1 fully saturated rings. The van der Waals surface area contributed by atoms with Crippen molar-refractivity contribution in [1.82, 2.24) is 15.0 Å². The highest BCUT2D eigenvalue weighted by molar-refractivity contribution is 6.04. The maximum absolute atomic E-state index is 12.4. The van der Waals surface area contributed by atoms with Crippen LogP contribution >= 0.6 is 0 Å². The summed E-state index contributed by atoms with van der Waals surface area (Å²) < 4.78 is 0. The van der Waals surface area contributed by atoms with Crippen LogP contribution in [-0.2, 0) is 0 Å². The molecule has 8 heteroatoms. The lowest BCUT2D eigenvalue weighted by molar-refractivity contribution is 0.102. The number of amides is 1. The zero-order chi connectivity index (χ0) is 20.1. The molecule has 0 bridgehead atoms. The van der Waals surface area contributed by atoms with E-state index in [0.717, 1.165) is 37.9 Å². The first-order valence-electron chi connectivity index (χ1n) is 9.27. The fourth-order valence-electron chi connectivity index (χ4n) is 3.13. The molecule has 0 spiro atoms. The van der Waals surface area contributed by atoms with Crippen molar-refractivity contribution in [3.63, 3.8) is 0 Å². The highest BCUT2D eigenvalue weighted by Gasteiger charge is 2.20. The number of carbonyl (C=O) groups excluding carboxylic acids is 1. The van der Waals surface area contributed by atoms with Crippen molar-refractivity contribution in [2.45, 2.75) is 0 Å². The van der Waals surface area contributed by atoms with Gasteiger partial charge >= 0.3 is 0 Å². The predicted molar refractivity (Wildman–Crippen MR) is 110 cm³/mol. The van der Waals surface area contributed by atoms with Crippen molar-refractivity contribution in [3.05, 3.63) is 72.2 Å². The Labute approximate surface area is 168 Å². The van der Waals surface area contributed by atoms with Gasteiger partial charge in [0.05, 0.1) is 17.2 Å². The number of nitrogens with zero attached hydrogens (tertiary/aromatic N) is 6. The van der Waals surface area contributed by atoms with Gasteiger partial charge < -0.3 is 15.1 Å². The van der Waals surface area contributed by atoms with E-state index in [1.54, 1.807) is 48.9 Å². The van der Waals surface area contributed by atoms with Crippen LogP contribution in [-0.4, -0.2) is 47.0 Å². The molecule has 0 atom stereocenters. The molecule has 1 aromatic carbocycles. The van der Waals surface area contributed by atoms with Crippen LogP contribution in [0.2, 0.25) is 0 Å². The molecule has 3 heterocycles. The Hall–Kier alpha value is -3.99. The average molecular weight is 385 g/mol. The summed E-state index contributed by atoms with van der Waals surface area (Å²) in [6.45, 7) is 3.24. The van der Waals surface area contributed by atoms with E-state index >= 15 is 0 Å². The molecule has 1 aliphatic rings. The van der Waals surface area contributed by atoms with Crippen molar-refractivity contribution >= 4 is 23.4 Å². The third kappa shape index (κ3) is 4.30. The Balaban J connectivity index is 1.35. The van der Waals surface area contributed by atoms with E-state index in [0.29, 0.717) is 16.8 Å².